The van der Waals surface area contributed by atoms with Crippen LogP contribution in [-0.4, -0.2) is 62.6 Å². The van der Waals surface area contributed by atoms with Gasteiger partial charge in [-0.05, 0) is 0 Å². The third-order valence-electron chi connectivity index (χ3n) is 3.61. The third-order valence-corrected chi connectivity index (χ3v) is 4.40. The summed E-state index contributed by atoms with van der Waals surface area (Å²) < 4.78 is 38.1. The van der Waals surface area contributed by atoms with Crippen molar-refractivity contribution >= 4 is 10.1 Å². The molecule has 0 aliphatic carbocycles. The van der Waals surface area contributed by atoms with Gasteiger partial charge in [-0.15, -0.1) is 0 Å². The molecule has 110 valence electrons. The van der Waals surface area contributed by atoms with Crippen LogP contribution in [0.5, 0.6) is 0 Å². The fourth-order valence-electron chi connectivity index (χ4n) is 2.62. The number of hydrogen-bond acceptors (Lipinski definition) is 5. The molecule has 0 aromatic carbocycles. The van der Waals surface area contributed by atoms with E-state index < -0.39 is 10.1 Å². The molecule has 1 fully saturated rings. The lowest BCUT2D eigenvalue weighted by Crippen LogP contribution is -2.48. The highest BCUT2D eigenvalue weighted by Crippen LogP contribution is 2.20. The summed E-state index contributed by atoms with van der Waals surface area (Å²) >= 11 is 0. The van der Waals surface area contributed by atoms with Crippen molar-refractivity contribution in [1.29, 1.82) is 5.26 Å². The third kappa shape index (κ3) is 6.87. The molecule has 19 heavy (non-hydrogen) atoms. The van der Waals surface area contributed by atoms with Crippen LogP contribution in [-0.2, 0) is 14.9 Å². The molecule has 0 unspecified atom stereocenters. The summed E-state index contributed by atoms with van der Waals surface area (Å²) in [6, 6.07) is 2.03. The van der Waals surface area contributed by atoms with Gasteiger partial charge in [-0.25, -0.2) is 8.42 Å². The lowest BCUT2D eigenvalue weighted by molar-refractivity contribution is -0.917. The Morgan fingerprint density at radius 3 is 2.47 bits per heavy atom. The van der Waals surface area contributed by atoms with Crippen molar-refractivity contribution in [2.45, 2.75) is 25.7 Å². The van der Waals surface area contributed by atoms with Gasteiger partial charge in [0.15, 0.2) is 0 Å². The molecule has 0 atom stereocenters. The SMILES string of the molecule is N#CCCOCC[N+]1(CCCS(=O)(=O)[O-])CCCC1. The molecule has 0 amide bonds. The van der Waals surface area contributed by atoms with Crippen molar-refractivity contribution in [3.05, 3.63) is 0 Å². The van der Waals surface area contributed by atoms with Crippen LogP contribution in [0.2, 0.25) is 0 Å². The summed E-state index contributed by atoms with van der Waals surface area (Å²) in [6.45, 7) is 4.66. The van der Waals surface area contributed by atoms with E-state index >= 15 is 0 Å². The Balaban J connectivity index is 2.31. The molecular formula is C12H22N2O4S. The first-order valence-corrected chi connectivity index (χ1v) is 8.29. The molecule has 0 saturated carbocycles. The van der Waals surface area contributed by atoms with Crippen molar-refractivity contribution < 1.29 is 22.2 Å². The molecular weight excluding hydrogens is 268 g/mol. The molecule has 0 aromatic heterocycles. The zero-order valence-electron chi connectivity index (χ0n) is 11.2. The van der Waals surface area contributed by atoms with Gasteiger partial charge in [0.2, 0.25) is 0 Å². The molecule has 0 aromatic rings. The Kier molecular flexibility index (Phi) is 6.72. The van der Waals surface area contributed by atoms with E-state index in [0.717, 1.165) is 43.5 Å². The molecule has 1 aliphatic heterocycles. The molecule has 0 spiro atoms. The van der Waals surface area contributed by atoms with Crippen molar-refractivity contribution in [2.75, 3.05) is 45.1 Å². The summed E-state index contributed by atoms with van der Waals surface area (Å²) in [4.78, 5) is 0. The Morgan fingerprint density at radius 2 is 1.89 bits per heavy atom. The van der Waals surface area contributed by atoms with E-state index in [1.165, 1.54) is 0 Å². The average molecular weight is 290 g/mol. The lowest BCUT2D eigenvalue weighted by atomic mass is 10.3. The maximum Gasteiger partial charge on any atom is 0.102 e. The zero-order valence-corrected chi connectivity index (χ0v) is 12.0. The van der Waals surface area contributed by atoms with Crippen molar-refractivity contribution in [2.24, 2.45) is 0 Å². The minimum absolute atomic E-state index is 0.276. The van der Waals surface area contributed by atoms with Crippen LogP contribution >= 0.6 is 0 Å². The van der Waals surface area contributed by atoms with E-state index in [4.69, 9.17) is 10.00 Å². The number of nitriles is 1. The van der Waals surface area contributed by atoms with E-state index in [-0.39, 0.29) is 5.75 Å². The van der Waals surface area contributed by atoms with Crippen LogP contribution < -0.4 is 0 Å². The molecule has 1 rings (SSSR count). The van der Waals surface area contributed by atoms with Crippen LogP contribution in [0.25, 0.3) is 0 Å². The maximum atomic E-state index is 10.6. The Labute approximate surface area is 115 Å². The van der Waals surface area contributed by atoms with E-state index in [2.05, 4.69) is 0 Å². The largest absolute Gasteiger partial charge is 0.748 e. The molecule has 0 N–H and O–H groups in total. The highest BCUT2D eigenvalue weighted by molar-refractivity contribution is 7.85. The Hall–Kier alpha value is -0.680. The predicted octanol–water partition coefficient (Wildman–Crippen LogP) is 0.463. The highest BCUT2D eigenvalue weighted by Gasteiger charge is 2.31. The summed E-state index contributed by atoms with van der Waals surface area (Å²) in [7, 11) is -4.10. The van der Waals surface area contributed by atoms with E-state index in [1.54, 1.807) is 0 Å². The molecule has 0 bridgehead atoms. The molecule has 7 heteroatoms. The van der Waals surface area contributed by atoms with Gasteiger partial charge in [-0.3, -0.25) is 0 Å². The Morgan fingerprint density at radius 1 is 1.21 bits per heavy atom. The first-order chi connectivity index (χ1) is 8.97. The molecule has 0 radical (unpaired) electrons. The minimum atomic E-state index is -4.10. The molecule has 1 saturated heterocycles. The van der Waals surface area contributed by atoms with Crippen LogP contribution in [0.4, 0.5) is 0 Å². The van der Waals surface area contributed by atoms with Crippen LogP contribution in [0.3, 0.4) is 0 Å². The van der Waals surface area contributed by atoms with Gasteiger partial charge >= 0.3 is 0 Å². The number of ether oxygens (including phenoxy) is 1. The smallest absolute Gasteiger partial charge is 0.102 e. The topological polar surface area (TPSA) is 90.2 Å². The molecule has 1 heterocycles. The maximum absolute atomic E-state index is 10.6. The zero-order chi connectivity index (χ0) is 14.2. The van der Waals surface area contributed by atoms with E-state index in [0.29, 0.717) is 26.1 Å². The Bertz CT molecular complexity index is 396. The fraction of sp³-hybridized carbons (Fsp3) is 0.917. The van der Waals surface area contributed by atoms with Crippen molar-refractivity contribution in [3.8, 4) is 6.07 Å². The second-order valence-electron chi connectivity index (χ2n) is 5.08. The summed E-state index contributed by atoms with van der Waals surface area (Å²) in [5, 5.41) is 8.40. The van der Waals surface area contributed by atoms with Gasteiger partial charge in [0.05, 0.1) is 55.5 Å². The van der Waals surface area contributed by atoms with Crippen molar-refractivity contribution in [1.82, 2.24) is 0 Å². The second kappa shape index (κ2) is 7.80. The average Bonchev–Trinajstić information content (AvgIpc) is 2.76. The van der Waals surface area contributed by atoms with Crippen molar-refractivity contribution in [3.63, 3.8) is 0 Å². The minimum Gasteiger partial charge on any atom is -0.748 e. The van der Waals surface area contributed by atoms with E-state index in [9.17, 15) is 13.0 Å². The second-order valence-corrected chi connectivity index (χ2v) is 6.60. The monoisotopic (exact) mass is 290 g/mol. The van der Waals surface area contributed by atoms with Gasteiger partial charge in [-0.1, -0.05) is 0 Å². The highest BCUT2D eigenvalue weighted by atomic mass is 32.2. The normalized spacial score (nSPS) is 18.3. The predicted molar refractivity (Wildman–Crippen MR) is 69.2 cm³/mol. The summed E-state index contributed by atoms with van der Waals surface area (Å²) in [6.07, 6.45) is 3.10. The number of rotatable bonds is 9. The summed E-state index contributed by atoms with van der Waals surface area (Å²) in [5.74, 6) is -0.276. The molecule has 6 nitrogen and oxygen atoms in total. The fourth-order valence-corrected chi connectivity index (χ4v) is 3.10. The van der Waals surface area contributed by atoms with Gasteiger partial charge in [-0.2, -0.15) is 5.26 Å². The summed E-state index contributed by atoms with van der Waals surface area (Å²) in [5.41, 5.74) is 0. The number of nitrogens with zero attached hydrogens (tertiary/aromatic N) is 2. The quantitative estimate of drug-likeness (QED) is 0.349. The molecule has 1 aliphatic rings. The van der Waals surface area contributed by atoms with Crippen LogP contribution in [0.15, 0.2) is 0 Å². The van der Waals surface area contributed by atoms with Gasteiger partial charge in [0, 0.05) is 25.0 Å². The van der Waals surface area contributed by atoms with Gasteiger partial charge in [0.1, 0.15) is 6.54 Å². The number of likely N-dealkylation sites (tertiary alicyclic amines) is 1. The number of hydrogen-bond donors (Lipinski definition) is 0. The first kappa shape index (κ1) is 16.4. The first-order valence-electron chi connectivity index (χ1n) is 6.71. The van der Waals surface area contributed by atoms with Gasteiger partial charge < -0.3 is 13.8 Å². The van der Waals surface area contributed by atoms with E-state index in [1.807, 2.05) is 6.07 Å². The standard InChI is InChI=1S/C12H22N2O4S/c13-5-3-10-18-11-9-14(6-1-2-7-14)8-4-12-19(15,16)17/h1-4,6-12H2. The lowest BCUT2D eigenvalue weighted by Gasteiger charge is -2.34. The van der Waals surface area contributed by atoms with Crippen LogP contribution in [0, 0.1) is 11.3 Å². The number of quaternary nitrogens is 1. The van der Waals surface area contributed by atoms with Gasteiger partial charge in [0.25, 0.3) is 0 Å². The van der Waals surface area contributed by atoms with Crippen LogP contribution in [0.1, 0.15) is 25.7 Å².